The highest BCUT2D eigenvalue weighted by Gasteiger charge is 2.28. The van der Waals surface area contributed by atoms with Crippen LogP contribution in [-0.4, -0.2) is 27.7 Å². The average Bonchev–Trinajstić information content (AvgIpc) is 2.46. The lowest BCUT2D eigenvalue weighted by Crippen LogP contribution is -2.45. The van der Waals surface area contributed by atoms with Gasteiger partial charge in [0.05, 0.1) is 12.2 Å². The summed E-state index contributed by atoms with van der Waals surface area (Å²) in [6.07, 6.45) is 9.90. The predicted octanol–water partition coefficient (Wildman–Crippen LogP) is 1.99. The van der Waals surface area contributed by atoms with Crippen molar-refractivity contribution in [2.45, 2.75) is 45.1 Å². The van der Waals surface area contributed by atoms with E-state index >= 15 is 0 Å². The van der Waals surface area contributed by atoms with Crippen LogP contribution in [0, 0.1) is 5.92 Å². The smallest absolute Gasteiger partial charge is 0.272 e. The Morgan fingerprint density at radius 1 is 1.32 bits per heavy atom. The van der Waals surface area contributed by atoms with Gasteiger partial charge in [0, 0.05) is 13.8 Å². The number of rotatable bonds is 4. The Labute approximate surface area is 114 Å². The summed E-state index contributed by atoms with van der Waals surface area (Å²) in [5.41, 5.74) is 0.254. The molecule has 2 rings (SSSR count). The second-order valence-electron chi connectivity index (χ2n) is 5.05. The van der Waals surface area contributed by atoms with Gasteiger partial charge in [0.25, 0.3) is 5.91 Å². The Hall–Kier alpha value is -1.78. The van der Waals surface area contributed by atoms with Crippen molar-refractivity contribution in [3.05, 3.63) is 24.3 Å². The van der Waals surface area contributed by atoms with Crippen LogP contribution in [0.2, 0.25) is 0 Å². The van der Waals surface area contributed by atoms with Crippen LogP contribution in [0.1, 0.15) is 50.9 Å². The number of hydrogen-bond donors (Lipinski definition) is 1. The number of carbonyl (C=O) groups excluding carboxylic acids is 2. The van der Waals surface area contributed by atoms with E-state index in [1.165, 1.54) is 31.9 Å². The Bertz CT molecular complexity index is 447. The number of hydrogen-bond acceptors (Lipinski definition) is 4. The molecule has 1 N–H and O–H groups in total. The van der Waals surface area contributed by atoms with Crippen molar-refractivity contribution < 1.29 is 11.0 Å². The molecule has 1 aromatic heterocycles. The van der Waals surface area contributed by atoms with Gasteiger partial charge in [0.15, 0.2) is 5.78 Å². The van der Waals surface area contributed by atoms with E-state index in [1.54, 1.807) is 0 Å². The summed E-state index contributed by atoms with van der Waals surface area (Å²) in [6.45, 7) is 1.54. The molecule has 0 bridgehead atoms. The van der Waals surface area contributed by atoms with Gasteiger partial charge in [-0.3, -0.25) is 14.6 Å². The number of aromatic nitrogens is 2. The molecule has 1 fully saturated rings. The number of amides is 1. The first-order valence-corrected chi connectivity index (χ1v) is 6.76. The molecule has 5 heteroatoms. The highest BCUT2D eigenvalue weighted by molar-refractivity contribution is 5.95. The maximum atomic E-state index is 12.0. The molecule has 104 valence electrons. The highest BCUT2D eigenvalue weighted by atomic mass is 16.2. The molecule has 5 nitrogen and oxygen atoms in total. The number of nitrogens with one attached hydrogen (secondary N) is 1. The molecular formula is C14H21N3O2. The third-order valence-corrected chi connectivity index (χ3v) is 3.64. The van der Waals surface area contributed by atoms with Gasteiger partial charge in [0.1, 0.15) is 5.69 Å². The van der Waals surface area contributed by atoms with Gasteiger partial charge in [-0.15, -0.1) is 0 Å². The summed E-state index contributed by atoms with van der Waals surface area (Å²) in [6, 6.07) is -0.394. The Balaban J connectivity index is 0.00000200. The highest BCUT2D eigenvalue weighted by Crippen LogP contribution is 2.27. The molecule has 1 saturated carbocycles. The molecule has 1 atom stereocenters. The second kappa shape index (κ2) is 6.41. The lowest BCUT2D eigenvalue weighted by Gasteiger charge is -2.29. The molecule has 0 unspecified atom stereocenters. The quantitative estimate of drug-likeness (QED) is 0.901. The van der Waals surface area contributed by atoms with Gasteiger partial charge >= 0.3 is 0 Å². The van der Waals surface area contributed by atoms with E-state index in [0.29, 0.717) is 0 Å². The molecule has 1 heterocycles. The van der Waals surface area contributed by atoms with Gasteiger partial charge < -0.3 is 5.32 Å². The molecule has 0 spiro atoms. The third-order valence-electron chi connectivity index (χ3n) is 3.64. The zero-order valence-electron chi connectivity index (χ0n) is 11.1. The number of Topliss-reactive ketones (excluding diaryl/α,β-unsaturated/α-hetero) is 1. The number of nitrogens with zero attached hydrogens (tertiary/aromatic N) is 2. The van der Waals surface area contributed by atoms with Gasteiger partial charge in [0.2, 0.25) is 0 Å². The maximum absolute atomic E-state index is 12.0. The lowest BCUT2D eigenvalue weighted by atomic mass is 9.82. The van der Waals surface area contributed by atoms with Crippen LogP contribution in [0.15, 0.2) is 18.6 Å². The van der Waals surface area contributed by atoms with E-state index in [2.05, 4.69) is 15.3 Å². The third kappa shape index (κ3) is 3.59. The first-order valence-electron chi connectivity index (χ1n) is 6.76. The minimum Gasteiger partial charge on any atom is -0.341 e. The predicted molar refractivity (Wildman–Crippen MR) is 72.7 cm³/mol. The molecule has 19 heavy (non-hydrogen) atoms. The number of carbonyl (C=O) groups is 2. The van der Waals surface area contributed by atoms with Crippen molar-refractivity contribution in [2.75, 3.05) is 0 Å². The summed E-state index contributed by atoms with van der Waals surface area (Å²) in [7, 11) is 0. The van der Waals surface area contributed by atoms with Crippen molar-refractivity contribution in [3.63, 3.8) is 0 Å². The molecule has 0 saturated heterocycles. The fourth-order valence-electron chi connectivity index (χ4n) is 2.65. The largest absolute Gasteiger partial charge is 0.341 e. The fraction of sp³-hybridized carbons (Fsp3) is 0.571. The van der Waals surface area contributed by atoms with Gasteiger partial charge in [-0.05, 0) is 25.7 Å². The zero-order chi connectivity index (χ0) is 13.7. The van der Waals surface area contributed by atoms with E-state index in [4.69, 9.17) is 0 Å². The molecule has 1 aliphatic carbocycles. The standard InChI is InChI=1S/C14H19N3O2.H2/c1-10(18)13(11-5-3-2-4-6-11)17-14(19)12-9-15-7-8-16-12;/h7-9,11,13H,2-6H2,1H3,(H,17,19);1H/t13-;/m1./s1. The van der Waals surface area contributed by atoms with Crippen molar-refractivity contribution >= 4 is 11.7 Å². The lowest BCUT2D eigenvalue weighted by molar-refractivity contribution is -0.120. The normalized spacial score (nSPS) is 17.7. The van der Waals surface area contributed by atoms with Gasteiger partial charge in [-0.25, -0.2) is 4.98 Å². The van der Waals surface area contributed by atoms with Crippen LogP contribution in [-0.2, 0) is 4.79 Å². The fourth-order valence-corrected chi connectivity index (χ4v) is 2.65. The average molecular weight is 263 g/mol. The van der Waals surface area contributed by atoms with E-state index < -0.39 is 6.04 Å². The van der Waals surface area contributed by atoms with Crippen LogP contribution in [0.4, 0.5) is 0 Å². The maximum Gasteiger partial charge on any atom is 0.272 e. The minimum atomic E-state index is -0.394. The summed E-state index contributed by atoms with van der Waals surface area (Å²) in [4.78, 5) is 31.6. The summed E-state index contributed by atoms with van der Waals surface area (Å²) in [5, 5.41) is 2.81. The Morgan fingerprint density at radius 2 is 2.05 bits per heavy atom. The van der Waals surface area contributed by atoms with Crippen LogP contribution in [0.25, 0.3) is 0 Å². The number of ketones is 1. The van der Waals surface area contributed by atoms with Gasteiger partial charge in [-0.1, -0.05) is 19.3 Å². The monoisotopic (exact) mass is 263 g/mol. The SMILES string of the molecule is CC(=O)[C@@H](NC(=O)c1cnccn1)C1CCCCC1.[HH]. The molecule has 0 radical (unpaired) electrons. The Kier molecular flexibility index (Phi) is 4.60. The van der Waals surface area contributed by atoms with Gasteiger partial charge in [-0.2, -0.15) is 0 Å². The van der Waals surface area contributed by atoms with Crippen LogP contribution in [0.3, 0.4) is 0 Å². The first kappa shape index (κ1) is 13.6. The molecule has 0 aromatic carbocycles. The summed E-state index contributed by atoms with van der Waals surface area (Å²) < 4.78 is 0. The van der Waals surface area contributed by atoms with E-state index in [0.717, 1.165) is 25.7 Å². The second-order valence-corrected chi connectivity index (χ2v) is 5.05. The van der Waals surface area contributed by atoms with Crippen molar-refractivity contribution in [1.29, 1.82) is 0 Å². The minimum absolute atomic E-state index is 0. The first-order chi connectivity index (χ1) is 9.18. The van der Waals surface area contributed by atoms with E-state index in [1.807, 2.05) is 0 Å². The van der Waals surface area contributed by atoms with Crippen LogP contribution >= 0.6 is 0 Å². The molecule has 0 aliphatic heterocycles. The molecule has 1 aromatic rings. The Morgan fingerprint density at radius 3 is 2.63 bits per heavy atom. The molecule has 1 aliphatic rings. The van der Waals surface area contributed by atoms with Crippen molar-refractivity contribution in [3.8, 4) is 0 Å². The van der Waals surface area contributed by atoms with Crippen molar-refractivity contribution in [2.24, 2.45) is 5.92 Å². The zero-order valence-corrected chi connectivity index (χ0v) is 11.1. The van der Waals surface area contributed by atoms with Crippen molar-refractivity contribution in [1.82, 2.24) is 15.3 Å². The summed E-state index contributed by atoms with van der Waals surface area (Å²) >= 11 is 0. The van der Waals surface area contributed by atoms with Crippen LogP contribution < -0.4 is 5.32 Å². The van der Waals surface area contributed by atoms with E-state index in [9.17, 15) is 9.59 Å². The molecule has 1 amide bonds. The summed E-state index contributed by atoms with van der Waals surface area (Å²) in [5.74, 6) is -0.0464. The van der Waals surface area contributed by atoms with Crippen LogP contribution in [0.5, 0.6) is 0 Å². The molecular weight excluding hydrogens is 242 g/mol. The van der Waals surface area contributed by atoms with E-state index in [-0.39, 0.29) is 24.7 Å². The topological polar surface area (TPSA) is 72.0 Å².